The summed E-state index contributed by atoms with van der Waals surface area (Å²) < 4.78 is 0. The second kappa shape index (κ2) is 11.9. The number of carbonyl (C=O) groups excluding carboxylic acids is 1. The van der Waals surface area contributed by atoms with Gasteiger partial charge in [-0.15, -0.1) is 6.58 Å². The minimum atomic E-state index is -0.945. The van der Waals surface area contributed by atoms with Crippen molar-refractivity contribution < 1.29 is 24.9 Å². The van der Waals surface area contributed by atoms with Crippen LogP contribution < -0.4 is 0 Å². The smallest absolute Gasteiger partial charge is 0.303 e. The third-order valence-electron chi connectivity index (χ3n) is 5.22. The number of hydrogen-bond donors (Lipinski definition) is 3. The lowest BCUT2D eigenvalue weighted by Gasteiger charge is -2.23. The molecule has 5 nitrogen and oxygen atoms in total. The molecule has 1 rings (SSSR count). The summed E-state index contributed by atoms with van der Waals surface area (Å²) in [5.74, 6) is -1.26. The maximum Gasteiger partial charge on any atom is 0.303 e. The van der Waals surface area contributed by atoms with Gasteiger partial charge in [0.15, 0.2) is 0 Å². The molecule has 1 fully saturated rings. The van der Waals surface area contributed by atoms with Gasteiger partial charge in [-0.25, -0.2) is 0 Å². The van der Waals surface area contributed by atoms with E-state index in [1.54, 1.807) is 6.08 Å². The topological polar surface area (TPSA) is 94.8 Å². The minimum Gasteiger partial charge on any atom is -0.481 e. The number of hydrogen-bond acceptors (Lipinski definition) is 4. The molecule has 152 valence electrons. The van der Waals surface area contributed by atoms with Crippen LogP contribution in [0.25, 0.3) is 0 Å². The maximum absolute atomic E-state index is 12.2. The van der Waals surface area contributed by atoms with E-state index >= 15 is 0 Å². The quantitative estimate of drug-likeness (QED) is 0.335. The standard InChI is InChI=1S/C22H34O5/c1-3-5-14-22(27,4-2)15-10-12-18-17(19(23)16-20(18)24)11-8-6-7-9-13-21(25)26/h4,6,8,10,12,17-18,20,24,27H,2-3,5,7,9,11,13-16H2,1H3,(H,25,26)/b8-6+,12-10+/t17-,18?,20-,22?/m1/s1. The number of ketones is 1. The fourth-order valence-electron chi connectivity index (χ4n) is 3.46. The third-order valence-corrected chi connectivity index (χ3v) is 5.22. The number of unbranched alkanes of at least 4 members (excludes halogenated alkanes) is 2. The molecular weight excluding hydrogens is 344 g/mol. The van der Waals surface area contributed by atoms with Crippen LogP contribution in [-0.2, 0) is 9.59 Å². The van der Waals surface area contributed by atoms with Gasteiger partial charge in [-0.05, 0) is 32.1 Å². The van der Waals surface area contributed by atoms with Crippen molar-refractivity contribution >= 4 is 11.8 Å². The van der Waals surface area contributed by atoms with E-state index in [0.29, 0.717) is 32.1 Å². The van der Waals surface area contributed by atoms with Crippen molar-refractivity contribution in [3.05, 3.63) is 37.0 Å². The fraction of sp³-hybridized carbons (Fsp3) is 0.636. The number of allylic oxidation sites excluding steroid dienone is 2. The van der Waals surface area contributed by atoms with E-state index in [1.807, 2.05) is 24.3 Å². The summed E-state index contributed by atoms with van der Waals surface area (Å²) in [7, 11) is 0. The van der Waals surface area contributed by atoms with Gasteiger partial charge in [-0.1, -0.05) is 50.1 Å². The zero-order valence-corrected chi connectivity index (χ0v) is 16.3. The van der Waals surface area contributed by atoms with Crippen LogP contribution in [0.15, 0.2) is 37.0 Å². The first-order valence-electron chi connectivity index (χ1n) is 9.93. The Morgan fingerprint density at radius 2 is 2.04 bits per heavy atom. The van der Waals surface area contributed by atoms with Crippen LogP contribution in [0.5, 0.6) is 0 Å². The highest BCUT2D eigenvalue weighted by Gasteiger charge is 2.39. The molecule has 4 atom stereocenters. The van der Waals surface area contributed by atoms with Crippen molar-refractivity contribution in [2.45, 2.75) is 76.4 Å². The van der Waals surface area contributed by atoms with Gasteiger partial charge in [0.1, 0.15) is 5.78 Å². The van der Waals surface area contributed by atoms with Gasteiger partial charge in [-0.2, -0.15) is 0 Å². The van der Waals surface area contributed by atoms with Crippen LogP contribution in [-0.4, -0.2) is 38.8 Å². The van der Waals surface area contributed by atoms with E-state index in [9.17, 15) is 19.8 Å². The highest BCUT2D eigenvalue weighted by atomic mass is 16.4. The Kier molecular flexibility index (Phi) is 10.3. The summed E-state index contributed by atoms with van der Waals surface area (Å²) in [6.07, 6.45) is 13.5. The molecule has 0 aromatic heterocycles. The summed E-state index contributed by atoms with van der Waals surface area (Å²) >= 11 is 0. The zero-order valence-electron chi connectivity index (χ0n) is 16.3. The molecule has 5 heteroatoms. The predicted molar refractivity (Wildman–Crippen MR) is 106 cm³/mol. The second-order valence-electron chi connectivity index (χ2n) is 7.46. The van der Waals surface area contributed by atoms with Crippen molar-refractivity contribution in [1.82, 2.24) is 0 Å². The Bertz CT molecular complexity index is 551. The van der Waals surface area contributed by atoms with Crippen molar-refractivity contribution in [3.8, 4) is 0 Å². The predicted octanol–water partition coefficient (Wildman–Crippen LogP) is 3.81. The molecule has 27 heavy (non-hydrogen) atoms. The molecule has 0 aliphatic heterocycles. The van der Waals surface area contributed by atoms with Crippen LogP contribution in [0.3, 0.4) is 0 Å². The van der Waals surface area contributed by atoms with Gasteiger partial charge >= 0.3 is 5.97 Å². The van der Waals surface area contributed by atoms with Crippen molar-refractivity contribution in [2.75, 3.05) is 0 Å². The van der Waals surface area contributed by atoms with E-state index in [4.69, 9.17) is 5.11 Å². The lowest BCUT2D eigenvalue weighted by atomic mass is 9.88. The summed E-state index contributed by atoms with van der Waals surface area (Å²) in [4.78, 5) is 22.7. The number of aliphatic carboxylic acids is 1. The highest BCUT2D eigenvalue weighted by Crippen LogP contribution is 2.34. The average molecular weight is 379 g/mol. The molecule has 2 unspecified atom stereocenters. The minimum absolute atomic E-state index is 0.0531. The summed E-state index contributed by atoms with van der Waals surface area (Å²) in [5.41, 5.74) is -0.945. The number of aliphatic hydroxyl groups excluding tert-OH is 1. The zero-order chi connectivity index (χ0) is 20.3. The number of carboxylic acid groups (broad SMARTS) is 1. The van der Waals surface area contributed by atoms with Crippen LogP contribution in [0, 0.1) is 11.8 Å². The fourth-order valence-corrected chi connectivity index (χ4v) is 3.46. The largest absolute Gasteiger partial charge is 0.481 e. The summed E-state index contributed by atoms with van der Waals surface area (Å²) in [5, 5.41) is 29.4. The van der Waals surface area contributed by atoms with Gasteiger partial charge in [0.05, 0.1) is 11.7 Å². The molecule has 0 bridgehead atoms. The Balaban J connectivity index is 2.59. The molecule has 0 amide bonds. The number of carboxylic acids is 1. The Hall–Kier alpha value is -1.72. The Morgan fingerprint density at radius 1 is 1.30 bits per heavy atom. The molecular formula is C22H34O5. The lowest BCUT2D eigenvalue weighted by Crippen LogP contribution is -2.25. The molecule has 0 aromatic rings. The molecule has 3 N–H and O–H groups in total. The number of carbonyl (C=O) groups is 2. The van der Waals surface area contributed by atoms with E-state index < -0.39 is 17.7 Å². The van der Waals surface area contributed by atoms with Crippen molar-refractivity contribution in [1.29, 1.82) is 0 Å². The normalized spacial score (nSPS) is 25.3. The molecule has 1 saturated carbocycles. The first-order valence-corrected chi connectivity index (χ1v) is 9.93. The van der Waals surface area contributed by atoms with Crippen molar-refractivity contribution in [2.24, 2.45) is 11.8 Å². The molecule has 0 saturated heterocycles. The first-order chi connectivity index (χ1) is 12.8. The van der Waals surface area contributed by atoms with Gasteiger partial charge in [0.2, 0.25) is 0 Å². The lowest BCUT2D eigenvalue weighted by molar-refractivity contribution is -0.137. The summed E-state index contributed by atoms with van der Waals surface area (Å²) in [6.45, 7) is 5.79. The van der Waals surface area contributed by atoms with E-state index in [-0.39, 0.29) is 30.5 Å². The summed E-state index contributed by atoms with van der Waals surface area (Å²) in [6, 6.07) is 0. The SMILES string of the molecule is C=CC(O)(C/C=C/C1[C@H](O)CC(=O)[C@@H]1C/C=C/CCCC(=O)O)CCCC. The number of rotatable bonds is 13. The second-order valence-corrected chi connectivity index (χ2v) is 7.46. The van der Waals surface area contributed by atoms with E-state index in [1.165, 1.54) is 0 Å². The molecule has 0 aromatic carbocycles. The molecule has 0 heterocycles. The molecule has 1 aliphatic carbocycles. The van der Waals surface area contributed by atoms with Crippen LogP contribution in [0.2, 0.25) is 0 Å². The molecule has 0 radical (unpaired) electrons. The van der Waals surface area contributed by atoms with Gasteiger partial charge < -0.3 is 15.3 Å². The van der Waals surface area contributed by atoms with Crippen molar-refractivity contribution in [3.63, 3.8) is 0 Å². The first kappa shape index (κ1) is 23.3. The Labute approximate surface area is 162 Å². The van der Waals surface area contributed by atoms with E-state index in [0.717, 1.165) is 12.8 Å². The van der Waals surface area contributed by atoms with Gasteiger partial charge in [0.25, 0.3) is 0 Å². The van der Waals surface area contributed by atoms with Gasteiger partial charge in [-0.3, -0.25) is 9.59 Å². The van der Waals surface area contributed by atoms with E-state index in [2.05, 4.69) is 13.5 Å². The average Bonchev–Trinajstić information content (AvgIpc) is 2.89. The Morgan fingerprint density at radius 3 is 2.67 bits per heavy atom. The maximum atomic E-state index is 12.2. The third kappa shape index (κ3) is 8.22. The monoisotopic (exact) mass is 378 g/mol. The van der Waals surface area contributed by atoms with Crippen LogP contribution in [0.1, 0.15) is 64.7 Å². The number of Topliss-reactive ketones (excluding diaryl/α,β-unsaturated/α-hetero) is 1. The van der Waals surface area contributed by atoms with Gasteiger partial charge in [0, 0.05) is 24.7 Å². The molecule has 1 aliphatic rings. The number of aliphatic hydroxyl groups is 2. The highest BCUT2D eigenvalue weighted by molar-refractivity contribution is 5.84. The molecule has 0 spiro atoms. The van der Waals surface area contributed by atoms with Crippen LogP contribution in [0.4, 0.5) is 0 Å². The van der Waals surface area contributed by atoms with Crippen LogP contribution >= 0.6 is 0 Å².